The highest BCUT2D eigenvalue weighted by Crippen LogP contribution is 2.22. The maximum absolute atomic E-state index is 5.66. The van der Waals surface area contributed by atoms with Gasteiger partial charge >= 0.3 is 0 Å². The Morgan fingerprint density at radius 2 is 1.67 bits per heavy atom. The van der Waals surface area contributed by atoms with Crippen LogP contribution in [0.2, 0.25) is 0 Å². The summed E-state index contributed by atoms with van der Waals surface area (Å²) in [6.07, 6.45) is 1.02. The summed E-state index contributed by atoms with van der Waals surface area (Å²) >= 11 is 0. The maximum atomic E-state index is 5.66. The van der Waals surface area contributed by atoms with E-state index in [0.29, 0.717) is 32.3 Å². The lowest BCUT2D eigenvalue weighted by molar-refractivity contribution is 0.0233. The van der Waals surface area contributed by atoms with E-state index >= 15 is 0 Å². The van der Waals surface area contributed by atoms with Crippen molar-refractivity contribution in [1.82, 2.24) is 5.32 Å². The number of nitrogens with one attached hydrogen (secondary N) is 1. The number of benzene rings is 1. The lowest BCUT2D eigenvalue weighted by Crippen LogP contribution is -2.20. The molecule has 4 heteroatoms. The van der Waals surface area contributed by atoms with Crippen molar-refractivity contribution in [2.45, 2.75) is 19.3 Å². The van der Waals surface area contributed by atoms with E-state index in [2.05, 4.69) is 36.5 Å². The van der Waals surface area contributed by atoms with Gasteiger partial charge in [-0.3, -0.25) is 0 Å². The number of aryl methyl sites for hydroxylation is 1. The summed E-state index contributed by atoms with van der Waals surface area (Å²) in [5, 5.41) is 3.27. The fourth-order valence-electron chi connectivity index (χ4n) is 2.35. The molecule has 4 nitrogen and oxygen atoms in total. The molecule has 0 heterocycles. The van der Waals surface area contributed by atoms with Crippen molar-refractivity contribution >= 4 is 0 Å². The zero-order valence-corrected chi connectivity index (χ0v) is 13.6. The molecular weight excluding hydrogens is 266 g/mol. The SMILES string of the molecule is CNCC(CCOCCOCCOC)c1ccccc1C. The average molecular weight is 295 g/mol. The van der Waals surface area contributed by atoms with Crippen molar-refractivity contribution in [3.05, 3.63) is 35.4 Å². The molecule has 1 N–H and O–H groups in total. The highest BCUT2D eigenvalue weighted by molar-refractivity contribution is 5.29. The van der Waals surface area contributed by atoms with Crippen molar-refractivity contribution in [2.75, 3.05) is 53.7 Å². The fraction of sp³-hybridized carbons (Fsp3) is 0.647. The summed E-state index contributed by atoms with van der Waals surface area (Å²) < 4.78 is 15.9. The number of likely N-dealkylation sites (N-methyl/N-ethyl adjacent to an activating group) is 1. The Balaban J connectivity index is 2.25. The van der Waals surface area contributed by atoms with Crippen molar-refractivity contribution in [2.24, 2.45) is 0 Å². The van der Waals surface area contributed by atoms with Gasteiger partial charge in [-0.05, 0) is 37.4 Å². The smallest absolute Gasteiger partial charge is 0.0701 e. The van der Waals surface area contributed by atoms with Crippen molar-refractivity contribution in [3.8, 4) is 0 Å². The molecule has 1 atom stereocenters. The molecule has 0 saturated carbocycles. The number of ether oxygens (including phenoxy) is 3. The molecule has 0 spiro atoms. The fourth-order valence-corrected chi connectivity index (χ4v) is 2.35. The maximum Gasteiger partial charge on any atom is 0.0701 e. The van der Waals surface area contributed by atoms with Gasteiger partial charge in [0.2, 0.25) is 0 Å². The van der Waals surface area contributed by atoms with Crippen LogP contribution in [-0.2, 0) is 14.2 Å². The normalized spacial score (nSPS) is 12.5. The van der Waals surface area contributed by atoms with Gasteiger partial charge in [0, 0.05) is 20.3 Å². The van der Waals surface area contributed by atoms with Crippen LogP contribution in [0.15, 0.2) is 24.3 Å². The second kappa shape index (κ2) is 11.7. The monoisotopic (exact) mass is 295 g/mol. The van der Waals surface area contributed by atoms with Crippen LogP contribution in [0, 0.1) is 6.92 Å². The molecule has 1 rings (SSSR count). The molecule has 0 radical (unpaired) electrons. The van der Waals surface area contributed by atoms with Crippen molar-refractivity contribution in [3.63, 3.8) is 0 Å². The quantitative estimate of drug-likeness (QED) is 0.601. The van der Waals surface area contributed by atoms with Gasteiger partial charge in [-0.2, -0.15) is 0 Å². The lowest BCUT2D eigenvalue weighted by atomic mass is 9.92. The molecule has 0 saturated heterocycles. The topological polar surface area (TPSA) is 39.7 Å². The van der Waals surface area contributed by atoms with E-state index in [1.165, 1.54) is 11.1 Å². The largest absolute Gasteiger partial charge is 0.382 e. The molecule has 21 heavy (non-hydrogen) atoms. The number of rotatable bonds is 12. The van der Waals surface area contributed by atoms with Crippen molar-refractivity contribution < 1.29 is 14.2 Å². The third-order valence-corrected chi connectivity index (χ3v) is 3.49. The summed E-state index contributed by atoms with van der Waals surface area (Å²) in [4.78, 5) is 0. The summed E-state index contributed by atoms with van der Waals surface area (Å²) in [5.74, 6) is 0.491. The minimum absolute atomic E-state index is 0.491. The van der Waals surface area contributed by atoms with Crippen LogP contribution < -0.4 is 5.32 Å². The summed E-state index contributed by atoms with van der Waals surface area (Å²) in [7, 11) is 3.67. The number of hydrogen-bond acceptors (Lipinski definition) is 4. The van der Waals surface area contributed by atoms with Crippen LogP contribution >= 0.6 is 0 Å². The first-order valence-corrected chi connectivity index (χ1v) is 7.64. The Labute approximate surface area is 128 Å². The van der Waals surface area contributed by atoms with E-state index < -0.39 is 0 Å². The Morgan fingerprint density at radius 3 is 2.33 bits per heavy atom. The van der Waals surface area contributed by atoms with Gasteiger partial charge in [-0.1, -0.05) is 24.3 Å². The van der Waals surface area contributed by atoms with E-state index in [9.17, 15) is 0 Å². The van der Waals surface area contributed by atoms with Gasteiger partial charge in [-0.25, -0.2) is 0 Å². The van der Waals surface area contributed by atoms with Crippen LogP contribution in [-0.4, -0.2) is 53.7 Å². The van der Waals surface area contributed by atoms with Crippen LogP contribution in [0.4, 0.5) is 0 Å². The van der Waals surface area contributed by atoms with Crippen LogP contribution in [0.25, 0.3) is 0 Å². The van der Waals surface area contributed by atoms with E-state index in [0.717, 1.165) is 19.6 Å². The highest BCUT2D eigenvalue weighted by Gasteiger charge is 2.12. The predicted molar refractivity (Wildman–Crippen MR) is 86.0 cm³/mol. The van der Waals surface area contributed by atoms with Gasteiger partial charge in [0.1, 0.15) is 0 Å². The lowest BCUT2D eigenvalue weighted by Gasteiger charge is -2.19. The third kappa shape index (κ3) is 7.58. The first kappa shape index (κ1) is 18.1. The third-order valence-electron chi connectivity index (χ3n) is 3.49. The highest BCUT2D eigenvalue weighted by atomic mass is 16.5. The van der Waals surface area contributed by atoms with Gasteiger partial charge < -0.3 is 19.5 Å². The Hall–Kier alpha value is -0.940. The van der Waals surface area contributed by atoms with E-state index in [-0.39, 0.29) is 0 Å². The Bertz CT molecular complexity index is 371. The molecule has 1 aromatic rings. The van der Waals surface area contributed by atoms with E-state index in [1.54, 1.807) is 7.11 Å². The van der Waals surface area contributed by atoms with Crippen LogP contribution in [0.1, 0.15) is 23.5 Å². The molecule has 0 amide bonds. The zero-order valence-electron chi connectivity index (χ0n) is 13.6. The Morgan fingerprint density at radius 1 is 1.00 bits per heavy atom. The molecule has 0 aliphatic carbocycles. The molecule has 1 aromatic carbocycles. The molecule has 1 unspecified atom stereocenters. The number of hydrogen-bond donors (Lipinski definition) is 1. The summed E-state index contributed by atoms with van der Waals surface area (Å²) in [6.45, 7) is 6.44. The molecule has 0 fully saturated rings. The molecule has 0 bridgehead atoms. The first-order chi connectivity index (χ1) is 10.3. The first-order valence-electron chi connectivity index (χ1n) is 7.64. The van der Waals surface area contributed by atoms with Crippen LogP contribution in [0.5, 0.6) is 0 Å². The molecule has 0 aliphatic rings. The molecular formula is C17H29NO3. The Kier molecular flexibility index (Phi) is 10.1. The van der Waals surface area contributed by atoms with Gasteiger partial charge in [-0.15, -0.1) is 0 Å². The minimum atomic E-state index is 0.491. The summed E-state index contributed by atoms with van der Waals surface area (Å²) in [5.41, 5.74) is 2.76. The van der Waals surface area contributed by atoms with Gasteiger partial charge in [0.25, 0.3) is 0 Å². The molecule has 0 aromatic heterocycles. The summed E-state index contributed by atoms with van der Waals surface area (Å²) in [6, 6.07) is 8.58. The van der Waals surface area contributed by atoms with Gasteiger partial charge in [0.05, 0.1) is 26.4 Å². The second-order valence-corrected chi connectivity index (χ2v) is 5.12. The predicted octanol–water partition coefficient (Wildman–Crippen LogP) is 2.37. The molecule has 120 valence electrons. The minimum Gasteiger partial charge on any atom is -0.382 e. The standard InChI is InChI=1S/C17H29NO3/c1-15-6-4-5-7-17(15)16(14-18-2)8-9-20-12-13-21-11-10-19-3/h4-7,16,18H,8-14H2,1-3H3. The van der Waals surface area contributed by atoms with Crippen LogP contribution in [0.3, 0.4) is 0 Å². The average Bonchev–Trinajstić information content (AvgIpc) is 2.49. The van der Waals surface area contributed by atoms with Crippen molar-refractivity contribution in [1.29, 1.82) is 0 Å². The number of methoxy groups -OCH3 is 1. The zero-order chi connectivity index (χ0) is 15.3. The van der Waals surface area contributed by atoms with E-state index in [1.807, 2.05) is 7.05 Å². The van der Waals surface area contributed by atoms with E-state index in [4.69, 9.17) is 14.2 Å². The second-order valence-electron chi connectivity index (χ2n) is 5.12. The van der Waals surface area contributed by atoms with Gasteiger partial charge in [0.15, 0.2) is 0 Å². The molecule has 0 aliphatic heterocycles.